The molecule has 1 aliphatic rings. The van der Waals surface area contributed by atoms with Crippen LogP contribution in [-0.4, -0.2) is 36.8 Å². The van der Waals surface area contributed by atoms with Gasteiger partial charge >= 0.3 is 6.18 Å². The molecule has 1 atom stereocenters. The second-order valence-electron chi connectivity index (χ2n) is 3.94. The van der Waals surface area contributed by atoms with E-state index >= 15 is 0 Å². The van der Waals surface area contributed by atoms with Crippen LogP contribution in [0.1, 0.15) is 0 Å². The molecule has 94 valence electrons. The van der Waals surface area contributed by atoms with E-state index in [1.54, 1.807) is 17.0 Å². The lowest BCUT2D eigenvalue weighted by molar-refractivity contribution is -0.155. The molecule has 7 heteroatoms. The average Bonchev–Trinajstić information content (AvgIpc) is 2.28. The predicted octanol–water partition coefficient (Wildman–Crippen LogP) is 1.00. The molecule has 3 N–H and O–H groups in total. The Morgan fingerprint density at radius 2 is 2.24 bits per heavy atom. The van der Waals surface area contributed by atoms with Crippen molar-refractivity contribution in [1.29, 1.82) is 0 Å². The van der Waals surface area contributed by atoms with Gasteiger partial charge in [-0.15, -0.1) is 0 Å². The third kappa shape index (κ3) is 2.79. The number of hydrogen-bond donors (Lipinski definition) is 2. The molecular weight excluding hydrogens is 233 g/mol. The van der Waals surface area contributed by atoms with Crippen LogP contribution in [0.3, 0.4) is 0 Å². The largest absolute Gasteiger partial charge is 0.405 e. The van der Waals surface area contributed by atoms with Crippen molar-refractivity contribution in [2.75, 3.05) is 30.3 Å². The van der Waals surface area contributed by atoms with Gasteiger partial charge in [-0.1, -0.05) is 0 Å². The number of nitrogens with one attached hydrogen (secondary N) is 1. The zero-order valence-corrected chi connectivity index (χ0v) is 9.04. The zero-order valence-electron chi connectivity index (χ0n) is 9.04. The van der Waals surface area contributed by atoms with Crippen LogP contribution in [0.4, 0.5) is 24.7 Å². The molecule has 1 saturated heterocycles. The van der Waals surface area contributed by atoms with E-state index in [0.717, 1.165) is 0 Å². The summed E-state index contributed by atoms with van der Waals surface area (Å²) < 4.78 is 37.7. The number of nitrogens with zero attached hydrogens (tertiary/aromatic N) is 2. The Morgan fingerprint density at radius 1 is 1.47 bits per heavy atom. The van der Waals surface area contributed by atoms with Gasteiger partial charge < -0.3 is 16.0 Å². The number of pyridine rings is 1. The van der Waals surface area contributed by atoms with E-state index in [4.69, 9.17) is 5.73 Å². The Bertz CT molecular complexity index is 393. The first kappa shape index (κ1) is 12.0. The van der Waals surface area contributed by atoms with Gasteiger partial charge in [0.25, 0.3) is 0 Å². The van der Waals surface area contributed by atoms with Crippen molar-refractivity contribution in [3.8, 4) is 0 Å². The number of piperazine rings is 1. The molecule has 0 bridgehead atoms. The van der Waals surface area contributed by atoms with Crippen LogP contribution in [0, 0.1) is 0 Å². The number of halogens is 3. The van der Waals surface area contributed by atoms with Gasteiger partial charge in [0, 0.05) is 37.6 Å². The molecule has 4 nitrogen and oxygen atoms in total. The molecule has 0 aromatic carbocycles. The van der Waals surface area contributed by atoms with Crippen molar-refractivity contribution >= 4 is 11.5 Å². The molecule has 1 unspecified atom stereocenters. The molecule has 17 heavy (non-hydrogen) atoms. The van der Waals surface area contributed by atoms with E-state index in [9.17, 15) is 13.2 Å². The smallest absolute Gasteiger partial charge is 0.399 e. The topological polar surface area (TPSA) is 54.2 Å². The van der Waals surface area contributed by atoms with E-state index < -0.39 is 12.2 Å². The maximum absolute atomic E-state index is 12.6. The summed E-state index contributed by atoms with van der Waals surface area (Å²) in [6.07, 6.45) is -2.74. The molecule has 1 aromatic heterocycles. The fourth-order valence-corrected chi connectivity index (χ4v) is 1.78. The SMILES string of the molecule is Nc1ccnc(N2CCNC(C(F)(F)F)C2)c1. The van der Waals surface area contributed by atoms with Crippen molar-refractivity contribution < 1.29 is 13.2 Å². The minimum absolute atomic E-state index is 0.139. The lowest BCUT2D eigenvalue weighted by Crippen LogP contribution is -2.57. The highest BCUT2D eigenvalue weighted by Gasteiger charge is 2.42. The average molecular weight is 246 g/mol. The van der Waals surface area contributed by atoms with Crippen LogP contribution in [0.15, 0.2) is 18.3 Å². The second kappa shape index (κ2) is 4.40. The normalized spacial score (nSPS) is 21.6. The van der Waals surface area contributed by atoms with Crippen molar-refractivity contribution in [3.63, 3.8) is 0 Å². The summed E-state index contributed by atoms with van der Waals surface area (Å²) in [5, 5.41) is 2.45. The highest BCUT2D eigenvalue weighted by molar-refractivity contribution is 5.50. The first-order chi connectivity index (χ1) is 7.97. The van der Waals surface area contributed by atoms with Crippen LogP contribution in [-0.2, 0) is 0 Å². The van der Waals surface area contributed by atoms with Gasteiger partial charge in [-0.2, -0.15) is 13.2 Å². The van der Waals surface area contributed by atoms with Crippen LogP contribution in [0.5, 0.6) is 0 Å². The minimum Gasteiger partial charge on any atom is -0.399 e. The fraction of sp³-hybridized carbons (Fsp3) is 0.500. The number of hydrogen-bond acceptors (Lipinski definition) is 4. The molecule has 0 aliphatic carbocycles. The molecule has 2 heterocycles. The Labute approximate surface area is 96.6 Å². The summed E-state index contributed by atoms with van der Waals surface area (Å²) in [6.45, 7) is 0.629. The minimum atomic E-state index is -4.24. The number of nitrogens with two attached hydrogens (primary N) is 1. The third-order valence-corrected chi connectivity index (χ3v) is 2.66. The lowest BCUT2D eigenvalue weighted by atomic mass is 10.2. The summed E-state index contributed by atoms with van der Waals surface area (Å²) in [7, 11) is 0. The van der Waals surface area contributed by atoms with Gasteiger partial charge in [0.1, 0.15) is 11.9 Å². The summed E-state index contributed by atoms with van der Waals surface area (Å²) in [5.74, 6) is 0.487. The summed E-state index contributed by atoms with van der Waals surface area (Å²) in [6, 6.07) is 1.67. The molecule has 2 rings (SSSR count). The Morgan fingerprint density at radius 3 is 2.88 bits per heavy atom. The molecule has 0 amide bonds. The van der Waals surface area contributed by atoms with E-state index in [1.807, 2.05) is 0 Å². The standard InChI is InChI=1S/C10H13F3N4/c11-10(12,13)8-6-17(4-3-15-8)9-5-7(14)1-2-16-9/h1-2,5,8,15H,3-4,6H2,(H2,14,16). The van der Waals surface area contributed by atoms with Crippen molar-refractivity contribution in [2.45, 2.75) is 12.2 Å². The molecular formula is C10H13F3N4. The summed E-state index contributed by atoms with van der Waals surface area (Å²) in [5.41, 5.74) is 6.08. The highest BCUT2D eigenvalue weighted by atomic mass is 19.4. The van der Waals surface area contributed by atoms with E-state index in [0.29, 0.717) is 18.1 Å². The monoisotopic (exact) mass is 246 g/mol. The van der Waals surface area contributed by atoms with Crippen molar-refractivity contribution in [3.05, 3.63) is 18.3 Å². The molecule has 1 fully saturated rings. The fourth-order valence-electron chi connectivity index (χ4n) is 1.78. The second-order valence-corrected chi connectivity index (χ2v) is 3.94. The number of nitrogen functional groups attached to an aromatic ring is 1. The van der Waals surface area contributed by atoms with Gasteiger partial charge in [0.2, 0.25) is 0 Å². The van der Waals surface area contributed by atoms with Crippen LogP contribution in [0.25, 0.3) is 0 Å². The van der Waals surface area contributed by atoms with E-state index in [-0.39, 0.29) is 13.1 Å². The molecule has 0 saturated carbocycles. The number of aromatic nitrogens is 1. The van der Waals surface area contributed by atoms with E-state index in [2.05, 4.69) is 10.3 Å². The summed E-state index contributed by atoms with van der Waals surface area (Å²) in [4.78, 5) is 5.62. The molecule has 1 aliphatic heterocycles. The van der Waals surface area contributed by atoms with Gasteiger partial charge in [-0.3, -0.25) is 0 Å². The predicted molar refractivity (Wildman–Crippen MR) is 58.7 cm³/mol. The number of alkyl halides is 3. The van der Waals surface area contributed by atoms with Gasteiger partial charge in [-0.05, 0) is 6.07 Å². The van der Waals surface area contributed by atoms with Crippen molar-refractivity contribution in [2.24, 2.45) is 0 Å². The van der Waals surface area contributed by atoms with Crippen molar-refractivity contribution in [1.82, 2.24) is 10.3 Å². The number of anilines is 2. The number of rotatable bonds is 1. The molecule has 0 spiro atoms. The molecule has 1 aromatic rings. The zero-order chi connectivity index (χ0) is 12.5. The first-order valence-electron chi connectivity index (χ1n) is 5.23. The molecule has 0 radical (unpaired) electrons. The lowest BCUT2D eigenvalue weighted by Gasteiger charge is -2.35. The first-order valence-corrected chi connectivity index (χ1v) is 5.23. The highest BCUT2D eigenvalue weighted by Crippen LogP contribution is 2.24. The van der Waals surface area contributed by atoms with Gasteiger partial charge in [0.15, 0.2) is 0 Å². The third-order valence-electron chi connectivity index (χ3n) is 2.66. The van der Waals surface area contributed by atoms with Gasteiger partial charge in [-0.25, -0.2) is 4.98 Å². The van der Waals surface area contributed by atoms with Crippen LogP contribution in [0.2, 0.25) is 0 Å². The Hall–Kier alpha value is -1.50. The Kier molecular flexibility index (Phi) is 3.10. The van der Waals surface area contributed by atoms with Crippen LogP contribution >= 0.6 is 0 Å². The quantitative estimate of drug-likeness (QED) is 0.776. The van der Waals surface area contributed by atoms with Crippen LogP contribution < -0.4 is 16.0 Å². The Balaban J connectivity index is 2.12. The van der Waals surface area contributed by atoms with Gasteiger partial charge in [0.05, 0.1) is 0 Å². The maximum atomic E-state index is 12.6. The van der Waals surface area contributed by atoms with E-state index in [1.165, 1.54) is 6.20 Å². The maximum Gasteiger partial charge on any atom is 0.405 e. The summed E-state index contributed by atoms with van der Waals surface area (Å²) >= 11 is 0.